The van der Waals surface area contributed by atoms with Crippen LogP contribution < -0.4 is 5.62 Å². The van der Waals surface area contributed by atoms with Crippen LogP contribution in [0.5, 0.6) is 0 Å². The minimum absolute atomic E-state index is 0. The molecule has 2 rings (SSSR count). The van der Waals surface area contributed by atoms with Gasteiger partial charge in [-0.15, -0.1) is 19.0 Å². The lowest BCUT2D eigenvalue weighted by Crippen LogP contribution is -2.25. The van der Waals surface area contributed by atoms with Crippen LogP contribution in [-0.2, 0) is 18.0 Å². The van der Waals surface area contributed by atoms with Gasteiger partial charge in [-0.25, -0.2) is 0 Å². The Morgan fingerprint density at radius 1 is 0.893 bits per heavy atom. The molecule has 0 saturated heterocycles. The molecule has 1 heterocycles. The van der Waals surface area contributed by atoms with Gasteiger partial charge in [0, 0.05) is 13.2 Å². The van der Waals surface area contributed by atoms with Crippen LogP contribution in [-0.4, -0.2) is 15.7 Å². The van der Waals surface area contributed by atoms with Crippen LogP contribution in [0.25, 0.3) is 11.0 Å². The highest BCUT2D eigenvalue weighted by Gasteiger charge is 2.09. The number of hydrogen-bond donors (Lipinski definition) is 1. The van der Waals surface area contributed by atoms with E-state index in [9.17, 15) is 0 Å². The average Bonchev–Trinajstić information content (AvgIpc) is 2.95. The van der Waals surface area contributed by atoms with E-state index in [2.05, 4.69) is 25.6 Å². The number of unbranched alkanes of at least 4 members (excludes halogenated alkanes) is 9. The van der Waals surface area contributed by atoms with E-state index in [1.165, 1.54) is 57.8 Å². The SMILES string of the molecule is C=CCn1c(=N)n(COCCCCCCCCCCCC)c2ccccc21.Cl. The van der Waals surface area contributed by atoms with Gasteiger partial charge in [0.25, 0.3) is 0 Å². The lowest BCUT2D eigenvalue weighted by Gasteiger charge is -2.07. The summed E-state index contributed by atoms with van der Waals surface area (Å²) in [5, 5.41) is 8.43. The Hall–Kier alpha value is -1.52. The molecule has 1 N–H and O–H groups in total. The number of nitrogens with one attached hydrogen (secondary N) is 1. The number of aromatic nitrogens is 2. The van der Waals surface area contributed by atoms with Crippen molar-refractivity contribution < 1.29 is 4.74 Å². The van der Waals surface area contributed by atoms with E-state index < -0.39 is 0 Å². The van der Waals surface area contributed by atoms with Gasteiger partial charge in [-0.3, -0.25) is 9.98 Å². The lowest BCUT2D eigenvalue weighted by molar-refractivity contribution is 0.0730. The lowest BCUT2D eigenvalue weighted by atomic mass is 10.1. The Balaban J connectivity index is 0.00000392. The third-order valence-electron chi connectivity index (χ3n) is 5.15. The summed E-state index contributed by atoms with van der Waals surface area (Å²) in [7, 11) is 0. The first-order valence-electron chi connectivity index (χ1n) is 10.7. The summed E-state index contributed by atoms with van der Waals surface area (Å²) in [6.07, 6.45) is 15.2. The highest BCUT2D eigenvalue weighted by atomic mass is 35.5. The van der Waals surface area contributed by atoms with Crippen molar-refractivity contribution in [1.82, 2.24) is 9.13 Å². The molecule has 1 aromatic carbocycles. The average molecular weight is 408 g/mol. The van der Waals surface area contributed by atoms with Crippen molar-refractivity contribution in [2.45, 2.75) is 84.4 Å². The molecule has 0 saturated carbocycles. The van der Waals surface area contributed by atoms with Crippen molar-refractivity contribution in [3.8, 4) is 0 Å². The summed E-state index contributed by atoms with van der Waals surface area (Å²) in [5.74, 6) is 0. The Morgan fingerprint density at radius 2 is 1.43 bits per heavy atom. The van der Waals surface area contributed by atoms with E-state index in [0.717, 1.165) is 24.1 Å². The van der Waals surface area contributed by atoms with Gasteiger partial charge in [0.15, 0.2) is 0 Å². The monoisotopic (exact) mass is 407 g/mol. The number of para-hydroxylation sites is 2. The highest BCUT2D eigenvalue weighted by molar-refractivity contribution is 5.85. The van der Waals surface area contributed by atoms with Gasteiger partial charge >= 0.3 is 0 Å². The van der Waals surface area contributed by atoms with Gasteiger partial charge in [-0.1, -0.05) is 82.9 Å². The van der Waals surface area contributed by atoms with Crippen LogP contribution in [0.1, 0.15) is 71.1 Å². The zero-order valence-electron chi connectivity index (χ0n) is 17.5. The molecule has 2 aromatic rings. The Bertz CT molecular complexity index is 735. The Kier molecular flexibility index (Phi) is 12.7. The van der Waals surface area contributed by atoms with Crippen LogP contribution in [0.15, 0.2) is 36.9 Å². The second-order valence-corrected chi connectivity index (χ2v) is 7.36. The molecule has 0 amide bonds. The second kappa shape index (κ2) is 14.5. The smallest absolute Gasteiger partial charge is 0.205 e. The summed E-state index contributed by atoms with van der Waals surface area (Å²) in [6, 6.07) is 8.13. The number of fused-ring (bicyclic) bond motifs is 1. The van der Waals surface area contributed by atoms with Crippen molar-refractivity contribution in [2.24, 2.45) is 0 Å². The molecule has 28 heavy (non-hydrogen) atoms. The topological polar surface area (TPSA) is 42.9 Å². The van der Waals surface area contributed by atoms with Gasteiger partial charge in [0.1, 0.15) is 6.73 Å². The van der Waals surface area contributed by atoms with E-state index in [1.54, 1.807) is 0 Å². The Morgan fingerprint density at radius 3 is 2.00 bits per heavy atom. The molecule has 0 aliphatic rings. The predicted molar refractivity (Wildman–Crippen MR) is 121 cm³/mol. The van der Waals surface area contributed by atoms with Gasteiger partial charge in [-0.2, -0.15) is 0 Å². The molecule has 0 atom stereocenters. The molecule has 0 spiro atoms. The molecule has 0 fully saturated rings. The van der Waals surface area contributed by atoms with E-state index in [1.807, 2.05) is 27.3 Å². The molecule has 0 aliphatic carbocycles. The maximum atomic E-state index is 8.43. The van der Waals surface area contributed by atoms with Gasteiger partial charge in [0.05, 0.1) is 11.0 Å². The molecular weight excluding hydrogens is 370 g/mol. The van der Waals surface area contributed by atoms with Crippen LogP contribution in [0.3, 0.4) is 0 Å². The summed E-state index contributed by atoms with van der Waals surface area (Å²) in [5.41, 5.74) is 2.58. The molecule has 5 heteroatoms. The summed E-state index contributed by atoms with van der Waals surface area (Å²) in [6.45, 7) is 7.93. The van der Waals surface area contributed by atoms with Crippen LogP contribution in [0, 0.1) is 5.41 Å². The number of rotatable bonds is 15. The van der Waals surface area contributed by atoms with Crippen molar-refractivity contribution >= 4 is 23.4 Å². The maximum Gasteiger partial charge on any atom is 0.205 e. The van der Waals surface area contributed by atoms with E-state index in [-0.39, 0.29) is 12.4 Å². The fourth-order valence-electron chi connectivity index (χ4n) is 3.59. The number of allylic oxidation sites excluding steroid dienone is 1. The number of halogens is 1. The summed E-state index contributed by atoms with van der Waals surface area (Å²) < 4.78 is 9.78. The molecule has 158 valence electrons. The molecular formula is C23H38ClN3O. The van der Waals surface area contributed by atoms with Crippen molar-refractivity contribution in [3.63, 3.8) is 0 Å². The standard InChI is InChI=1S/C23H37N3O.ClH/c1-3-5-6-7-8-9-10-11-12-15-19-27-20-26-22-17-14-13-16-21(22)25(18-4-2)23(26)24;/h4,13-14,16-17,24H,2-3,5-12,15,18-20H2,1H3;1H. The van der Waals surface area contributed by atoms with Gasteiger partial charge in [0.2, 0.25) is 5.62 Å². The third-order valence-corrected chi connectivity index (χ3v) is 5.15. The van der Waals surface area contributed by atoms with Crippen LogP contribution >= 0.6 is 12.4 Å². The van der Waals surface area contributed by atoms with Gasteiger partial charge in [-0.05, 0) is 18.6 Å². The van der Waals surface area contributed by atoms with E-state index >= 15 is 0 Å². The minimum Gasteiger partial charge on any atom is -0.361 e. The first-order valence-corrected chi connectivity index (χ1v) is 10.7. The van der Waals surface area contributed by atoms with E-state index in [4.69, 9.17) is 10.1 Å². The highest BCUT2D eigenvalue weighted by Crippen LogP contribution is 2.13. The number of hydrogen-bond acceptors (Lipinski definition) is 2. The van der Waals surface area contributed by atoms with Gasteiger partial charge < -0.3 is 9.30 Å². The summed E-state index contributed by atoms with van der Waals surface area (Å²) in [4.78, 5) is 0. The molecule has 1 aromatic heterocycles. The number of nitrogens with zero attached hydrogens (tertiary/aromatic N) is 2. The third kappa shape index (κ3) is 7.48. The first-order chi connectivity index (χ1) is 13.3. The molecule has 0 radical (unpaired) electrons. The predicted octanol–water partition coefficient (Wildman–Crippen LogP) is 6.43. The second-order valence-electron chi connectivity index (χ2n) is 7.36. The van der Waals surface area contributed by atoms with Crippen LogP contribution in [0.2, 0.25) is 0 Å². The molecule has 0 bridgehead atoms. The van der Waals surface area contributed by atoms with Crippen molar-refractivity contribution in [2.75, 3.05) is 6.61 Å². The molecule has 0 unspecified atom stereocenters. The normalized spacial score (nSPS) is 10.9. The number of imidazole rings is 1. The zero-order chi connectivity index (χ0) is 19.3. The van der Waals surface area contributed by atoms with Crippen molar-refractivity contribution in [1.29, 1.82) is 5.41 Å². The molecule has 0 aliphatic heterocycles. The summed E-state index contributed by atoms with van der Waals surface area (Å²) >= 11 is 0. The van der Waals surface area contributed by atoms with Crippen molar-refractivity contribution in [3.05, 3.63) is 42.5 Å². The zero-order valence-corrected chi connectivity index (χ0v) is 18.3. The fraction of sp³-hybridized carbons (Fsp3) is 0.609. The van der Waals surface area contributed by atoms with Crippen LogP contribution in [0.4, 0.5) is 0 Å². The first kappa shape index (κ1) is 24.5. The largest absolute Gasteiger partial charge is 0.361 e. The maximum absolute atomic E-state index is 8.43. The fourth-order valence-corrected chi connectivity index (χ4v) is 3.59. The quantitative estimate of drug-likeness (QED) is 0.268. The number of benzene rings is 1. The number of ether oxygens (including phenoxy) is 1. The van der Waals surface area contributed by atoms with E-state index in [0.29, 0.717) is 18.9 Å². The molecule has 4 nitrogen and oxygen atoms in total. The minimum atomic E-state index is 0. The Labute approximate surface area is 176 Å².